The molecule has 0 aliphatic carbocycles. The Bertz CT molecular complexity index is 624. The minimum Gasteiger partial charge on any atom is -0.391 e. The van der Waals surface area contributed by atoms with Crippen LogP contribution in [0.2, 0.25) is 0 Å². The molecule has 4 atom stereocenters. The van der Waals surface area contributed by atoms with Crippen LogP contribution in [0.5, 0.6) is 0 Å². The van der Waals surface area contributed by atoms with Gasteiger partial charge in [0.1, 0.15) is 0 Å². The normalized spacial score (nSPS) is 24.3. The van der Waals surface area contributed by atoms with Gasteiger partial charge in [-0.15, -0.1) is 0 Å². The van der Waals surface area contributed by atoms with Crippen molar-refractivity contribution in [2.75, 3.05) is 39.6 Å². The largest absolute Gasteiger partial charge is 0.472 e. The number of likely N-dealkylation sites (tertiary alicyclic amines) is 1. The summed E-state index contributed by atoms with van der Waals surface area (Å²) < 4.78 is 47.8. The van der Waals surface area contributed by atoms with Gasteiger partial charge in [0, 0.05) is 13.5 Å². The zero-order valence-corrected chi connectivity index (χ0v) is 18.8. The van der Waals surface area contributed by atoms with Crippen molar-refractivity contribution in [1.29, 1.82) is 0 Å². The van der Waals surface area contributed by atoms with E-state index in [0.29, 0.717) is 0 Å². The molecule has 1 saturated heterocycles. The molecule has 1 heterocycles. The van der Waals surface area contributed by atoms with Gasteiger partial charge < -0.3 is 24.5 Å². The maximum Gasteiger partial charge on any atom is 0.472 e. The lowest BCUT2D eigenvalue weighted by Crippen LogP contribution is -2.36. The highest BCUT2D eigenvalue weighted by molar-refractivity contribution is 7.47. The number of carbonyl (C=O) groups is 1. The van der Waals surface area contributed by atoms with Crippen molar-refractivity contribution >= 4 is 21.6 Å². The van der Waals surface area contributed by atoms with Crippen molar-refractivity contribution in [2.24, 2.45) is 0 Å². The van der Waals surface area contributed by atoms with Gasteiger partial charge in [0.25, 0.3) is 0 Å². The highest BCUT2D eigenvalue weighted by Gasteiger charge is 2.35. The average Bonchev–Trinajstić information content (AvgIpc) is 2.91. The third-order valence-electron chi connectivity index (χ3n) is 3.58. The molecule has 1 aliphatic rings. The van der Waals surface area contributed by atoms with Crippen molar-refractivity contribution in [3.8, 4) is 0 Å². The van der Waals surface area contributed by atoms with E-state index in [0.717, 1.165) is 0 Å². The van der Waals surface area contributed by atoms with E-state index in [-0.39, 0.29) is 51.9 Å². The number of ether oxygens (including phenoxy) is 1. The topological polar surface area (TPSA) is 161 Å². The second kappa shape index (κ2) is 11.3. The first-order valence-electron chi connectivity index (χ1n) is 9.04. The summed E-state index contributed by atoms with van der Waals surface area (Å²) in [5.41, 5.74) is -0.848. The van der Waals surface area contributed by atoms with E-state index < -0.39 is 33.4 Å². The maximum atomic E-state index is 11.9. The summed E-state index contributed by atoms with van der Waals surface area (Å²) in [4.78, 5) is 32.0. The second-order valence-corrected chi connectivity index (χ2v) is 10.3. The van der Waals surface area contributed by atoms with E-state index in [9.17, 15) is 28.8 Å². The van der Waals surface area contributed by atoms with Crippen LogP contribution in [0.1, 0.15) is 34.1 Å². The van der Waals surface area contributed by atoms with Crippen LogP contribution in [-0.4, -0.2) is 83.0 Å². The van der Waals surface area contributed by atoms with Crippen LogP contribution in [0.15, 0.2) is 0 Å². The maximum absolute atomic E-state index is 11.9. The summed E-state index contributed by atoms with van der Waals surface area (Å²) >= 11 is 0. The number of amides is 1. The molecule has 29 heavy (non-hydrogen) atoms. The molecule has 0 aromatic heterocycles. The molecule has 0 saturated carbocycles. The summed E-state index contributed by atoms with van der Waals surface area (Å²) in [5, 5.41) is 9.62. The Labute approximate surface area is 170 Å². The smallest absolute Gasteiger partial charge is 0.391 e. The Morgan fingerprint density at radius 1 is 1.03 bits per heavy atom. The molecule has 0 aromatic carbocycles. The van der Waals surface area contributed by atoms with Crippen molar-refractivity contribution in [3.63, 3.8) is 0 Å². The molecular weight excluding hydrogens is 432 g/mol. The number of hydrogen-bond donors (Lipinski definition) is 3. The highest BCUT2D eigenvalue weighted by atomic mass is 31.2. The van der Waals surface area contributed by atoms with Gasteiger partial charge in [0.05, 0.1) is 50.8 Å². The number of nitrogens with zero attached hydrogens (tertiary/aromatic N) is 1. The van der Waals surface area contributed by atoms with E-state index in [1.165, 1.54) is 11.8 Å². The van der Waals surface area contributed by atoms with Crippen LogP contribution in [0.3, 0.4) is 0 Å². The number of rotatable bonds is 12. The third-order valence-corrected chi connectivity index (χ3v) is 5.85. The molecule has 2 unspecified atom stereocenters. The van der Waals surface area contributed by atoms with Crippen LogP contribution in [0.4, 0.5) is 0 Å². The first-order chi connectivity index (χ1) is 13.2. The Hall–Kier alpha value is -0.390. The Morgan fingerprint density at radius 2 is 1.59 bits per heavy atom. The average molecular weight is 463 g/mol. The van der Waals surface area contributed by atoms with Gasteiger partial charge in [0.15, 0.2) is 0 Å². The summed E-state index contributed by atoms with van der Waals surface area (Å²) in [7, 11) is -8.56. The monoisotopic (exact) mass is 463 g/mol. The number of aliphatic hydroxyl groups excluding tert-OH is 1. The molecule has 14 heteroatoms. The molecule has 0 bridgehead atoms. The number of carbonyl (C=O) groups excluding carboxylic acids is 1. The summed E-state index contributed by atoms with van der Waals surface area (Å²) in [6.45, 7) is 5.41. The molecule has 1 amide bonds. The van der Waals surface area contributed by atoms with Gasteiger partial charge in [-0.25, -0.2) is 9.13 Å². The molecule has 0 radical (unpaired) electrons. The predicted octanol–water partition coefficient (Wildman–Crippen LogP) is 1.05. The minimum absolute atomic E-state index is 0.0640. The zero-order valence-electron chi connectivity index (χ0n) is 17.1. The molecule has 1 fully saturated rings. The number of hydrogen-bond acceptors (Lipinski definition) is 9. The standard InChI is InChI=1S/C15H31NO11P2/c1-12(17)16-10-14(18)9-13(16)11-26-28(19,20)24-7-5-23-6-8-25-29(21,22)27-15(2,3)4/h13-14,18H,5-11H2,1-4H3,(H,19,20)(H,21,22)/t13-,14+/m0/s1. The van der Waals surface area contributed by atoms with Gasteiger partial charge in [0.2, 0.25) is 5.91 Å². The summed E-state index contributed by atoms with van der Waals surface area (Å²) in [6.07, 6.45) is -0.457. The number of aliphatic hydroxyl groups is 1. The number of β-amino-alcohol motifs (C(OH)–C–C–N with tert-alkyl or cyclic N) is 1. The van der Waals surface area contributed by atoms with Gasteiger partial charge in [-0.2, -0.15) is 0 Å². The first-order valence-corrected chi connectivity index (χ1v) is 12.0. The van der Waals surface area contributed by atoms with E-state index >= 15 is 0 Å². The van der Waals surface area contributed by atoms with Crippen LogP contribution in [0.25, 0.3) is 0 Å². The van der Waals surface area contributed by atoms with Gasteiger partial charge in [-0.3, -0.25) is 22.9 Å². The van der Waals surface area contributed by atoms with Crippen LogP contribution in [-0.2, 0) is 36.8 Å². The number of phosphoric ester groups is 2. The SMILES string of the molecule is CC(=O)N1C[C@H](O)C[C@H]1COP(=O)(O)OCCOCCOP(=O)(O)OC(C)(C)C. The van der Waals surface area contributed by atoms with Gasteiger partial charge in [-0.1, -0.05) is 0 Å². The molecule has 0 aromatic rings. The van der Waals surface area contributed by atoms with Crippen LogP contribution >= 0.6 is 15.6 Å². The third kappa shape index (κ3) is 11.5. The Kier molecular flexibility index (Phi) is 10.4. The lowest BCUT2D eigenvalue weighted by Gasteiger charge is -2.23. The molecule has 172 valence electrons. The van der Waals surface area contributed by atoms with Crippen molar-refractivity contribution in [1.82, 2.24) is 4.90 Å². The first kappa shape index (κ1) is 26.6. The van der Waals surface area contributed by atoms with Crippen molar-refractivity contribution < 1.29 is 51.6 Å². The van der Waals surface area contributed by atoms with Gasteiger partial charge in [-0.05, 0) is 27.2 Å². The van der Waals surface area contributed by atoms with E-state index in [1.807, 2.05) is 0 Å². The molecule has 3 N–H and O–H groups in total. The lowest BCUT2D eigenvalue weighted by molar-refractivity contribution is -0.130. The molecule has 1 rings (SSSR count). The summed E-state index contributed by atoms with van der Waals surface area (Å²) in [6, 6.07) is -0.510. The minimum atomic E-state index is -4.36. The predicted molar refractivity (Wildman–Crippen MR) is 101 cm³/mol. The van der Waals surface area contributed by atoms with E-state index in [4.69, 9.17) is 22.8 Å². The fourth-order valence-corrected chi connectivity index (χ4v) is 4.34. The van der Waals surface area contributed by atoms with E-state index in [1.54, 1.807) is 20.8 Å². The zero-order chi connectivity index (χ0) is 22.3. The van der Waals surface area contributed by atoms with E-state index in [2.05, 4.69) is 0 Å². The van der Waals surface area contributed by atoms with Gasteiger partial charge >= 0.3 is 15.6 Å². The number of phosphoric acid groups is 2. The van der Waals surface area contributed by atoms with Crippen LogP contribution in [0, 0.1) is 0 Å². The second-order valence-electron chi connectivity index (χ2n) is 7.43. The molecule has 0 spiro atoms. The molecule has 1 aliphatic heterocycles. The fraction of sp³-hybridized carbons (Fsp3) is 0.933. The fourth-order valence-electron chi connectivity index (χ4n) is 2.55. The quantitative estimate of drug-likeness (QED) is 0.280. The van der Waals surface area contributed by atoms with Crippen molar-refractivity contribution in [2.45, 2.75) is 51.9 Å². The Balaban J connectivity index is 2.19. The summed E-state index contributed by atoms with van der Waals surface area (Å²) in [5.74, 6) is -0.264. The molecule has 12 nitrogen and oxygen atoms in total. The van der Waals surface area contributed by atoms with Crippen molar-refractivity contribution in [3.05, 3.63) is 0 Å². The van der Waals surface area contributed by atoms with Crippen LogP contribution < -0.4 is 0 Å². The lowest BCUT2D eigenvalue weighted by atomic mass is 10.2. The molecular formula is C15H31NO11P2. The Morgan fingerprint density at radius 3 is 2.10 bits per heavy atom. The highest BCUT2D eigenvalue weighted by Crippen LogP contribution is 2.47.